The summed E-state index contributed by atoms with van der Waals surface area (Å²) in [7, 11) is 1.86. The lowest BCUT2D eigenvalue weighted by atomic mass is 9.92. The third-order valence-electron chi connectivity index (χ3n) is 6.47. The average molecular weight is 469 g/mol. The second-order valence-electron chi connectivity index (χ2n) is 9.36. The number of anilines is 1. The molecule has 0 saturated heterocycles. The molecule has 2 N–H and O–H groups in total. The fraction of sp³-hybridized carbons (Fsp3) is 0.458. The summed E-state index contributed by atoms with van der Waals surface area (Å²) in [5, 5.41) is 14.6. The predicted octanol–water partition coefficient (Wildman–Crippen LogP) is 2.82. The van der Waals surface area contributed by atoms with Crippen LogP contribution in [0, 0.1) is 5.92 Å². The maximum absolute atomic E-state index is 14.5. The van der Waals surface area contributed by atoms with Gasteiger partial charge in [-0.3, -0.25) is 9.78 Å². The van der Waals surface area contributed by atoms with Gasteiger partial charge >= 0.3 is 0 Å². The summed E-state index contributed by atoms with van der Waals surface area (Å²) in [5.74, 6) is -1.11. The molecule has 5 rings (SSSR count). The Bertz CT molecular complexity index is 1180. The molecule has 1 amide bonds. The summed E-state index contributed by atoms with van der Waals surface area (Å²) < 4.78 is 32.4. The summed E-state index contributed by atoms with van der Waals surface area (Å²) in [6.07, 6.45) is 11.6. The van der Waals surface area contributed by atoms with Gasteiger partial charge in [0.1, 0.15) is 24.8 Å². The van der Waals surface area contributed by atoms with Crippen molar-refractivity contribution in [3.05, 3.63) is 48.2 Å². The molecule has 4 unspecified atom stereocenters. The van der Waals surface area contributed by atoms with Crippen molar-refractivity contribution in [2.45, 2.75) is 50.5 Å². The molecule has 2 aliphatic carbocycles. The Morgan fingerprint density at radius 3 is 2.85 bits per heavy atom. The molecule has 4 atom stereocenters. The van der Waals surface area contributed by atoms with E-state index in [9.17, 15) is 13.6 Å². The molecule has 178 valence electrons. The highest BCUT2D eigenvalue weighted by Crippen LogP contribution is 2.33. The fourth-order valence-electron chi connectivity index (χ4n) is 4.31. The van der Waals surface area contributed by atoms with Gasteiger partial charge in [-0.15, -0.1) is 5.10 Å². The van der Waals surface area contributed by atoms with Gasteiger partial charge in [0.05, 0.1) is 29.5 Å². The third-order valence-corrected chi connectivity index (χ3v) is 6.47. The van der Waals surface area contributed by atoms with E-state index in [4.69, 9.17) is 0 Å². The number of halogens is 2. The van der Waals surface area contributed by atoms with E-state index in [0.717, 1.165) is 18.4 Å². The van der Waals surface area contributed by atoms with Crippen LogP contribution in [0.3, 0.4) is 0 Å². The lowest BCUT2D eigenvalue weighted by Gasteiger charge is -2.23. The number of amides is 1. The zero-order chi connectivity index (χ0) is 23.8. The van der Waals surface area contributed by atoms with Crippen LogP contribution in [0.4, 0.5) is 14.5 Å². The van der Waals surface area contributed by atoms with E-state index in [2.05, 4.69) is 25.9 Å². The van der Waals surface area contributed by atoms with Crippen molar-refractivity contribution < 1.29 is 18.2 Å². The van der Waals surface area contributed by atoms with E-state index in [1.807, 2.05) is 30.8 Å². The van der Waals surface area contributed by atoms with Crippen LogP contribution in [0.25, 0.3) is 11.3 Å². The minimum absolute atomic E-state index is 0.0376. The van der Waals surface area contributed by atoms with Gasteiger partial charge in [-0.2, -0.15) is 0 Å². The number of allylic oxidation sites excluding steroid dienone is 2. The van der Waals surface area contributed by atoms with Crippen LogP contribution in [-0.2, 0) is 4.79 Å². The predicted molar refractivity (Wildman–Crippen MR) is 124 cm³/mol. The zero-order valence-electron chi connectivity index (χ0n) is 19.2. The van der Waals surface area contributed by atoms with Crippen LogP contribution in [0.1, 0.15) is 32.2 Å². The number of nitrogens with zero attached hydrogens (tertiary/aromatic N) is 5. The fourth-order valence-corrected chi connectivity index (χ4v) is 4.31. The summed E-state index contributed by atoms with van der Waals surface area (Å²) in [6.45, 7) is 2.22. The molecule has 1 saturated carbocycles. The van der Waals surface area contributed by atoms with Crippen molar-refractivity contribution in [1.82, 2.24) is 25.3 Å². The van der Waals surface area contributed by atoms with Gasteiger partial charge in [0.25, 0.3) is 5.91 Å². The second kappa shape index (κ2) is 9.08. The molecular formula is C24H28F2N7O+. The van der Waals surface area contributed by atoms with Crippen LogP contribution in [0.2, 0.25) is 0 Å². The number of carbonyl (C=O) groups is 1. The number of aromatic nitrogens is 4. The summed E-state index contributed by atoms with van der Waals surface area (Å²) in [6, 6.07) is 1.34. The lowest BCUT2D eigenvalue weighted by molar-refractivity contribution is -0.505. The minimum atomic E-state index is -0.987. The number of rotatable bonds is 6. The first kappa shape index (κ1) is 22.4. The molecule has 0 aromatic carbocycles. The molecule has 0 spiro atoms. The van der Waals surface area contributed by atoms with Crippen molar-refractivity contribution in [2.75, 3.05) is 18.9 Å². The Morgan fingerprint density at radius 2 is 2.09 bits per heavy atom. The van der Waals surface area contributed by atoms with E-state index in [0.29, 0.717) is 24.3 Å². The maximum Gasteiger partial charge on any atom is 0.254 e. The maximum atomic E-state index is 14.5. The molecule has 2 aromatic rings. The van der Waals surface area contributed by atoms with Gasteiger partial charge in [0.2, 0.25) is 0 Å². The second-order valence-corrected chi connectivity index (χ2v) is 9.36. The Hall–Kier alpha value is -3.43. The van der Waals surface area contributed by atoms with Crippen molar-refractivity contribution in [2.24, 2.45) is 5.92 Å². The molecule has 10 heteroatoms. The van der Waals surface area contributed by atoms with Gasteiger partial charge < -0.3 is 10.6 Å². The Balaban J connectivity index is 1.34. The monoisotopic (exact) mass is 468 g/mol. The first-order valence-electron chi connectivity index (χ1n) is 11.6. The Morgan fingerprint density at radius 1 is 1.26 bits per heavy atom. The number of hydrogen-bond donors (Lipinski definition) is 2. The van der Waals surface area contributed by atoms with Gasteiger partial charge in [0, 0.05) is 36.3 Å². The van der Waals surface area contributed by atoms with Crippen molar-refractivity contribution in [1.29, 1.82) is 0 Å². The lowest BCUT2D eigenvalue weighted by Crippen LogP contribution is -2.41. The SMILES string of the molecule is CC1C=C(F)C(C(=O)NC2CC2)=CC1n1cc(-c2cncc(NC3CC=[N+](C)CC3F)c2)nn1. The van der Waals surface area contributed by atoms with E-state index < -0.39 is 17.9 Å². The summed E-state index contributed by atoms with van der Waals surface area (Å²) in [4.78, 5) is 16.7. The van der Waals surface area contributed by atoms with E-state index in [1.54, 1.807) is 29.3 Å². The van der Waals surface area contributed by atoms with Gasteiger partial charge in [-0.05, 0) is 31.1 Å². The molecule has 34 heavy (non-hydrogen) atoms. The molecule has 3 aliphatic rings. The van der Waals surface area contributed by atoms with Crippen LogP contribution < -0.4 is 10.6 Å². The van der Waals surface area contributed by atoms with E-state index in [-0.39, 0.29) is 29.6 Å². The van der Waals surface area contributed by atoms with Crippen LogP contribution in [0.15, 0.2) is 48.2 Å². The van der Waals surface area contributed by atoms with E-state index >= 15 is 0 Å². The molecule has 0 bridgehead atoms. The largest absolute Gasteiger partial charge is 0.377 e. The first-order valence-corrected chi connectivity index (χ1v) is 11.6. The number of alkyl halides is 1. The van der Waals surface area contributed by atoms with Crippen LogP contribution >= 0.6 is 0 Å². The zero-order valence-corrected chi connectivity index (χ0v) is 19.2. The number of hydrogen-bond acceptors (Lipinski definition) is 5. The molecular weight excluding hydrogens is 440 g/mol. The smallest absolute Gasteiger partial charge is 0.254 e. The standard InChI is InChI=1S/C24H27F2N7O/c1-14-7-19(25)18(24(34)29-16-3-4-16)9-23(14)33-13-22(30-31-33)15-8-17(11-27-10-15)28-21-5-6-32(2)12-20(21)26/h6-11,13-14,16,20-21,23,28H,3-5,12H2,1-2H3/p+1. The third kappa shape index (κ3) is 4.76. The first-order chi connectivity index (χ1) is 16.4. The van der Waals surface area contributed by atoms with Gasteiger partial charge in [-0.25, -0.2) is 18.0 Å². The van der Waals surface area contributed by atoms with Crippen LogP contribution in [-0.4, -0.2) is 68.5 Å². The molecule has 8 nitrogen and oxygen atoms in total. The minimum Gasteiger partial charge on any atom is -0.377 e. The van der Waals surface area contributed by atoms with Crippen LogP contribution in [0.5, 0.6) is 0 Å². The Labute approximate surface area is 196 Å². The number of nitrogens with one attached hydrogen (secondary N) is 2. The highest BCUT2D eigenvalue weighted by Gasteiger charge is 2.31. The van der Waals surface area contributed by atoms with Crippen molar-refractivity contribution in [3.8, 4) is 11.3 Å². The molecule has 0 radical (unpaired) electrons. The molecule has 1 fully saturated rings. The van der Waals surface area contributed by atoms with Gasteiger partial charge in [-0.1, -0.05) is 12.1 Å². The highest BCUT2D eigenvalue weighted by atomic mass is 19.1. The molecule has 3 heterocycles. The summed E-state index contributed by atoms with van der Waals surface area (Å²) >= 11 is 0. The quantitative estimate of drug-likeness (QED) is 0.637. The topological polar surface area (TPSA) is 87.7 Å². The molecule has 2 aromatic heterocycles. The van der Waals surface area contributed by atoms with Crippen molar-refractivity contribution >= 4 is 17.8 Å². The highest BCUT2D eigenvalue weighted by molar-refractivity contribution is 5.97. The van der Waals surface area contributed by atoms with Gasteiger partial charge in [0.15, 0.2) is 12.7 Å². The van der Waals surface area contributed by atoms with E-state index in [1.165, 1.54) is 6.08 Å². The number of carbonyl (C=O) groups excluding carboxylic acids is 1. The summed E-state index contributed by atoms with van der Waals surface area (Å²) in [5.41, 5.74) is 2.05. The molecule has 1 aliphatic heterocycles. The normalized spacial score (nSPS) is 26.9. The van der Waals surface area contributed by atoms with Crippen molar-refractivity contribution in [3.63, 3.8) is 0 Å². The average Bonchev–Trinajstić information content (AvgIpc) is 3.48. The Kier molecular flexibility index (Phi) is 5.97. The number of pyridine rings is 1.